The maximum absolute atomic E-state index is 12.2. The number of aromatic amines is 1. The second kappa shape index (κ2) is 8.07. The number of amides is 1. The van der Waals surface area contributed by atoms with E-state index in [1.54, 1.807) is 0 Å². The molecule has 1 heterocycles. The van der Waals surface area contributed by atoms with Gasteiger partial charge in [-0.25, -0.2) is 5.10 Å². The van der Waals surface area contributed by atoms with Crippen LogP contribution in [0.4, 0.5) is 5.69 Å². The maximum atomic E-state index is 12.2. The number of carbonyl (C=O) groups excluding carboxylic acids is 1. The van der Waals surface area contributed by atoms with Gasteiger partial charge in [0, 0.05) is 11.8 Å². The van der Waals surface area contributed by atoms with E-state index < -0.39 is 0 Å². The molecule has 1 aliphatic carbocycles. The lowest BCUT2D eigenvalue weighted by molar-refractivity contribution is 0.00468. The van der Waals surface area contributed by atoms with Crippen LogP contribution in [0.5, 0.6) is 0 Å². The summed E-state index contributed by atoms with van der Waals surface area (Å²) in [5, 5.41) is 8.76. The highest BCUT2D eigenvalue weighted by molar-refractivity contribution is 6.02. The Morgan fingerprint density at radius 2 is 2.20 bits per heavy atom. The van der Waals surface area contributed by atoms with Crippen LogP contribution < -0.4 is 10.9 Å². The van der Waals surface area contributed by atoms with E-state index in [9.17, 15) is 9.59 Å². The van der Waals surface area contributed by atoms with Gasteiger partial charge >= 0.3 is 0 Å². The first-order valence-corrected chi connectivity index (χ1v) is 8.68. The molecule has 1 aliphatic rings. The van der Waals surface area contributed by atoms with Crippen molar-refractivity contribution < 1.29 is 9.53 Å². The van der Waals surface area contributed by atoms with Gasteiger partial charge in [0.25, 0.3) is 11.5 Å². The molecule has 2 atom stereocenters. The number of benzene rings is 1. The van der Waals surface area contributed by atoms with Crippen LogP contribution in [0, 0.1) is 5.92 Å². The van der Waals surface area contributed by atoms with Crippen molar-refractivity contribution in [3.63, 3.8) is 0 Å². The average molecular weight is 341 g/mol. The van der Waals surface area contributed by atoms with Gasteiger partial charge in [-0.15, -0.1) is 0 Å². The molecule has 1 saturated carbocycles. The number of hydrogen-bond donors (Lipinski definition) is 2. The van der Waals surface area contributed by atoms with Crippen LogP contribution in [0.1, 0.15) is 48.7 Å². The number of nitrogens with one attached hydrogen (secondary N) is 2. The molecule has 2 N–H and O–H groups in total. The summed E-state index contributed by atoms with van der Waals surface area (Å²) in [7, 11) is 0. The first-order valence-electron chi connectivity index (χ1n) is 8.68. The quantitative estimate of drug-likeness (QED) is 0.875. The molecule has 1 aromatic carbocycles. The van der Waals surface area contributed by atoms with E-state index in [4.69, 9.17) is 4.74 Å². The number of hydrogen-bond acceptors (Lipinski definition) is 4. The third-order valence-corrected chi connectivity index (χ3v) is 4.47. The van der Waals surface area contributed by atoms with Crippen molar-refractivity contribution in [2.75, 3.05) is 5.32 Å². The Kier molecular flexibility index (Phi) is 5.60. The number of aromatic nitrogens is 2. The lowest BCUT2D eigenvalue weighted by Crippen LogP contribution is -2.21. The zero-order valence-electron chi connectivity index (χ0n) is 14.3. The van der Waals surface area contributed by atoms with Crippen molar-refractivity contribution in [2.45, 2.75) is 45.3 Å². The van der Waals surface area contributed by atoms with Crippen molar-refractivity contribution in [3.05, 3.63) is 58.0 Å². The van der Waals surface area contributed by atoms with Gasteiger partial charge in [0.05, 0.1) is 12.7 Å². The van der Waals surface area contributed by atoms with Crippen LogP contribution in [0.15, 0.2) is 41.2 Å². The third-order valence-electron chi connectivity index (χ3n) is 4.47. The summed E-state index contributed by atoms with van der Waals surface area (Å²) >= 11 is 0. The predicted molar refractivity (Wildman–Crippen MR) is 95.5 cm³/mol. The van der Waals surface area contributed by atoms with E-state index in [1.165, 1.54) is 25.0 Å². The highest BCUT2D eigenvalue weighted by Crippen LogP contribution is 2.26. The summed E-state index contributed by atoms with van der Waals surface area (Å²) in [4.78, 5) is 23.2. The number of nitrogens with zero attached hydrogens (tertiary/aromatic N) is 1. The summed E-state index contributed by atoms with van der Waals surface area (Å²) in [6.07, 6.45) is 5.09. The lowest BCUT2D eigenvalue weighted by atomic mass is 9.89. The molecule has 6 nitrogen and oxygen atoms in total. The zero-order valence-corrected chi connectivity index (χ0v) is 14.3. The third kappa shape index (κ3) is 5.00. The van der Waals surface area contributed by atoms with E-state index >= 15 is 0 Å². The van der Waals surface area contributed by atoms with Crippen LogP contribution in [0.2, 0.25) is 0 Å². The Hall–Kier alpha value is -2.47. The summed E-state index contributed by atoms with van der Waals surface area (Å²) in [6.45, 7) is 2.81. The van der Waals surface area contributed by atoms with E-state index in [1.807, 2.05) is 24.3 Å². The molecule has 0 radical (unpaired) electrons. The number of H-pyrrole nitrogens is 1. The zero-order chi connectivity index (χ0) is 17.6. The number of ether oxygens (including phenoxy) is 1. The second-order valence-corrected chi connectivity index (χ2v) is 6.67. The largest absolute Gasteiger partial charge is 0.374 e. The van der Waals surface area contributed by atoms with Crippen molar-refractivity contribution in [3.8, 4) is 0 Å². The lowest BCUT2D eigenvalue weighted by Gasteiger charge is -2.26. The van der Waals surface area contributed by atoms with Gasteiger partial charge in [-0.05, 0) is 42.5 Å². The highest BCUT2D eigenvalue weighted by Gasteiger charge is 2.19. The van der Waals surface area contributed by atoms with Gasteiger partial charge in [0.2, 0.25) is 0 Å². The summed E-state index contributed by atoms with van der Waals surface area (Å²) in [5.74, 6) is 0.365. The summed E-state index contributed by atoms with van der Waals surface area (Å²) < 4.78 is 6.03. The maximum Gasteiger partial charge on any atom is 0.276 e. The molecular formula is C19H23N3O3. The molecule has 3 rings (SSSR count). The molecule has 2 aromatic rings. The topological polar surface area (TPSA) is 84.1 Å². The monoisotopic (exact) mass is 341 g/mol. The number of anilines is 1. The van der Waals surface area contributed by atoms with Crippen molar-refractivity contribution in [1.29, 1.82) is 0 Å². The van der Waals surface area contributed by atoms with Gasteiger partial charge in [-0.2, -0.15) is 5.10 Å². The molecule has 0 bridgehead atoms. The molecule has 6 heteroatoms. The fraction of sp³-hybridized carbons (Fsp3) is 0.421. The van der Waals surface area contributed by atoms with Gasteiger partial charge in [-0.3, -0.25) is 9.59 Å². The summed E-state index contributed by atoms with van der Waals surface area (Å²) in [6, 6.07) is 10.3. The molecule has 0 spiro atoms. The van der Waals surface area contributed by atoms with Crippen LogP contribution in [-0.4, -0.2) is 22.2 Å². The molecule has 1 aromatic heterocycles. The van der Waals surface area contributed by atoms with Crippen LogP contribution in [-0.2, 0) is 11.3 Å². The first kappa shape index (κ1) is 17.4. The van der Waals surface area contributed by atoms with E-state index in [-0.39, 0.29) is 17.2 Å². The van der Waals surface area contributed by atoms with Gasteiger partial charge in [0.15, 0.2) is 0 Å². The highest BCUT2D eigenvalue weighted by atomic mass is 16.5. The molecule has 1 fully saturated rings. The van der Waals surface area contributed by atoms with Crippen LogP contribution in [0.3, 0.4) is 0 Å². The molecular weight excluding hydrogens is 318 g/mol. The van der Waals surface area contributed by atoms with Gasteiger partial charge in [0.1, 0.15) is 5.69 Å². The van der Waals surface area contributed by atoms with E-state index in [0.717, 1.165) is 24.3 Å². The van der Waals surface area contributed by atoms with E-state index in [2.05, 4.69) is 22.4 Å². The molecule has 0 saturated heterocycles. The molecule has 1 amide bonds. The Morgan fingerprint density at radius 3 is 2.96 bits per heavy atom. The smallest absolute Gasteiger partial charge is 0.276 e. The molecule has 132 valence electrons. The normalized spacial score (nSPS) is 20.2. The number of rotatable bonds is 5. The predicted octanol–water partition coefficient (Wildman–Crippen LogP) is 3.12. The molecule has 0 aliphatic heterocycles. The van der Waals surface area contributed by atoms with Gasteiger partial charge in [-0.1, -0.05) is 31.9 Å². The minimum absolute atomic E-state index is 0.164. The number of carbonyl (C=O) groups is 1. The van der Waals surface area contributed by atoms with Crippen LogP contribution in [0.25, 0.3) is 0 Å². The average Bonchev–Trinajstić information content (AvgIpc) is 2.61. The summed E-state index contributed by atoms with van der Waals surface area (Å²) in [5.41, 5.74) is 1.52. The Bertz CT molecular complexity index is 767. The molecule has 2 unspecified atom stereocenters. The Morgan fingerprint density at radius 1 is 1.32 bits per heavy atom. The van der Waals surface area contributed by atoms with Gasteiger partial charge < -0.3 is 10.1 Å². The minimum Gasteiger partial charge on any atom is -0.374 e. The SMILES string of the molecule is CC1CCCC(OCc2cccc(NC(=O)c3ccc(=O)[nH]n3)c2)C1. The van der Waals surface area contributed by atoms with Crippen molar-refractivity contribution in [2.24, 2.45) is 5.92 Å². The first-order chi connectivity index (χ1) is 12.1. The molecule has 25 heavy (non-hydrogen) atoms. The van der Waals surface area contributed by atoms with Crippen molar-refractivity contribution >= 4 is 11.6 Å². The fourth-order valence-corrected chi connectivity index (χ4v) is 3.15. The van der Waals surface area contributed by atoms with Crippen LogP contribution >= 0.6 is 0 Å². The minimum atomic E-state index is -0.365. The standard InChI is InChI=1S/C19H23N3O3/c1-13-4-2-7-16(10-13)25-12-14-5-3-6-15(11-14)20-19(24)17-8-9-18(23)22-21-17/h3,5-6,8-9,11,13,16H,2,4,7,10,12H2,1H3,(H,20,24)(H,22,23). The Labute approximate surface area is 146 Å². The second-order valence-electron chi connectivity index (χ2n) is 6.67. The van der Waals surface area contributed by atoms with E-state index in [0.29, 0.717) is 18.4 Å². The Balaban J connectivity index is 1.58. The fourth-order valence-electron chi connectivity index (χ4n) is 3.15. The van der Waals surface area contributed by atoms with Crippen molar-refractivity contribution in [1.82, 2.24) is 10.2 Å².